The first-order valence-electron chi connectivity index (χ1n) is 10.1. The van der Waals surface area contributed by atoms with Crippen LogP contribution < -0.4 is 16.4 Å². The molecule has 0 aromatic heterocycles. The molecule has 0 unspecified atom stereocenters. The maximum absolute atomic E-state index is 15.2. The Hall–Kier alpha value is -3.16. The summed E-state index contributed by atoms with van der Waals surface area (Å²) in [7, 11) is 0. The van der Waals surface area contributed by atoms with Gasteiger partial charge >= 0.3 is 6.35 Å². The van der Waals surface area contributed by atoms with Crippen molar-refractivity contribution in [3.63, 3.8) is 0 Å². The molecule has 0 N–H and O–H groups in total. The molecule has 0 aliphatic carbocycles. The molecule has 1 nitrogen and oxygen atoms in total. The van der Waals surface area contributed by atoms with E-state index in [0.717, 1.165) is 13.8 Å². The molecule has 3 aromatic carbocycles. The first-order chi connectivity index (χ1) is 16.8. The Labute approximate surface area is 195 Å². The molecule has 0 saturated carbocycles. The van der Waals surface area contributed by atoms with Crippen LogP contribution in [0.3, 0.4) is 0 Å². The fourth-order valence-electron chi connectivity index (χ4n) is 4.48. The lowest BCUT2D eigenvalue weighted by atomic mass is 9.27. The minimum Gasteiger partial charge on any atom is -0.660 e. The molecule has 0 aliphatic heterocycles. The summed E-state index contributed by atoms with van der Waals surface area (Å²) < 4.78 is 179. The highest BCUT2D eigenvalue weighted by Crippen LogP contribution is 2.29. The monoisotopic (exact) mass is 532 g/mol. The van der Waals surface area contributed by atoms with Crippen LogP contribution in [-0.4, -0.2) is 19.6 Å². The fourth-order valence-corrected chi connectivity index (χ4v) is 4.48. The maximum atomic E-state index is 15.2. The topological polar surface area (TPSA) is 2.70 Å². The Bertz CT molecular complexity index is 1120. The molecule has 0 spiro atoms. The second-order valence-electron chi connectivity index (χ2n) is 7.55. The van der Waals surface area contributed by atoms with Gasteiger partial charge in [-0.15, -0.1) is 0 Å². The zero-order valence-electron chi connectivity index (χ0n) is 18.2. The van der Waals surface area contributed by atoms with Gasteiger partial charge < -0.3 is 4.28 Å². The minimum atomic E-state index is -5.19. The lowest BCUT2D eigenvalue weighted by Crippen LogP contribution is -2.78. The molecule has 3 rings (SSSR count). The van der Waals surface area contributed by atoms with Crippen molar-refractivity contribution in [3.05, 3.63) is 88.0 Å². The van der Waals surface area contributed by atoms with Gasteiger partial charge in [0.25, 0.3) is 0 Å². The van der Waals surface area contributed by atoms with E-state index in [1.807, 2.05) is 0 Å². The van der Waals surface area contributed by atoms with E-state index in [4.69, 9.17) is 0 Å². The molecule has 14 heteroatoms. The van der Waals surface area contributed by atoms with Crippen molar-refractivity contribution in [1.29, 1.82) is 0 Å². The average Bonchev–Trinajstić information content (AvgIpc) is 2.81. The zero-order valence-corrected chi connectivity index (χ0v) is 18.2. The zero-order chi connectivity index (χ0) is 27.3. The van der Waals surface area contributed by atoms with Crippen molar-refractivity contribution in [2.24, 2.45) is 0 Å². The Kier molecular flexibility index (Phi) is 7.40. The summed E-state index contributed by atoms with van der Waals surface area (Å²) >= 11 is 0. The molecule has 3 aromatic rings. The largest absolute Gasteiger partial charge is 0.660 e. The molecule has 0 heterocycles. The van der Waals surface area contributed by atoms with Crippen LogP contribution in [0.4, 0.5) is 52.7 Å². The maximum Gasteiger partial charge on any atom is 0.394 e. The minimum absolute atomic E-state index is 0.375. The van der Waals surface area contributed by atoms with Crippen LogP contribution in [-0.2, 0) is 4.28 Å². The molecule has 0 amide bonds. The Morgan fingerprint density at radius 3 is 0.806 bits per heavy atom. The van der Waals surface area contributed by atoms with E-state index in [9.17, 15) is 26.3 Å². The van der Waals surface area contributed by atoms with Gasteiger partial charge in [0, 0.05) is 18.2 Å². The Morgan fingerprint density at radius 1 is 0.444 bits per heavy atom. The van der Waals surface area contributed by atoms with Gasteiger partial charge in [0.1, 0.15) is 34.9 Å². The number of benzene rings is 3. The van der Waals surface area contributed by atoms with Gasteiger partial charge in [0.05, 0.1) is 13.2 Å². The number of rotatable bonds is 6. The summed E-state index contributed by atoms with van der Waals surface area (Å²) in [6.07, 6.45) is -5.19. The Morgan fingerprint density at radius 2 is 0.639 bits per heavy atom. The number of hydrogen-bond donors (Lipinski definition) is 0. The van der Waals surface area contributed by atoms with Gasteiger partial charge in [0.2, 0.25) is 0 Å². The highest BCUT2D eigenvalue weighted by atomic mass is 19.2. The van der Waals surface area contributed by atoms with E-state index >= 15 is 26.3 Å². The van der Waals surface area contributed by atoms with Crippen molar-refractivity contribution in [3.8, 4) is 0 Å². The van der Waals surface area contributed by atoms with Crippen LogP contribution in [0.5, 0.6) is 0 Å². The van der Waals surface area contributed by atoms with E-state index in [-0.39, 0.29) is 18.2 Å². The third-order valence-electron chi connectivity index (χ3n) is 5.90. The summed E-state index contributed by atoms with van der Waals surface area (Å²) in [5.41, 5.74) is -6.61. The van der Waals surface area contributed by atoms with E-state index in [2.05, 4.69) is 0 Å². The molecule has 0 radical (unpaired) electrons. The van der Waals surface area contributed by atoms with Gasteiger partial charge in [-0.1, -0.05) is 0 Å². The molecule has 0 bridgehead atoms. The SMILES string of the molecule is CC[O+](CC)[B-](c1c(F)c(F)cc(F)c1F)(c1c(F)c(F)cc(F)c1F)c1c(F)c(F)cc(F)c1F. The summed E-state index contributed by atoms with van der Waals surface area (Å²) in [6, 6.07) is -1.13. The summed E-state index contributed by atoms with van der Waals surface area (Å²) in [4.78, 5) is 0. The van der Waals surface area contributed by atoms with Gasteiger partial charge in [-0.2, -0.15) is 0 Å². The van der Waals surface area contributed by atoms with Crippen LogP contribution in [0.15, 0.2) is 18.2 Å². The molecular weight excluding hydrogens is 519 g/mol. The predicted molar refractivity (Wildman–Crippen MR) is 106 cm³/mol. The summed E-state index contributed by atoms with van der Waals surface area (Å²) in [5, 5.41) is 0. The predicted octanol–water partition coefficient (Wildman–Crippen LogP) is 4.91. The highest BCUT2D eigenvalue weighted by Gasteiger charge is 2.57. The van der Waals surface area contributed by atoms with Crippen LogP contribution in [0.25, 0.3) is 0 Å². The quantitative estimate of drug-likeness (QED) is 0.184. The van der Waals surface area contributed by atoms with E-state index in [0.29, 0.717) is 0 Å². The Balaban J connectivity index is 2.89. The lowest BCUT2D eigenvalue weighted by molar-refractivity contribution is 0.0208. The standard InChI is InChI=1S/C22H13BF12O/c1-3-36(4-2)23(14-17(30)8(24)5-9(25)18(14)31,15-19(32)10(26)6-11(27)20(15)33)16-21(34)12(28)7-13(29)22(16)35/h5-7H,3-4H2,1-2H3. The van der Waals surface area contributed by atoms with E-state index < -0.39 is 106 Å². The smallest absolute Gasteiger partial charge is 0.394 e. The van der Waals surface area contributed by atoms with Crippen LogP contribution in [0.1, 0.15) is 13.8 Å². The molecular formula is C22H13BF12O. The van der Waals surface area contributed by atoms with Gasteiger partial charge in [-0.05, 0) is 30.2 Å². The van der Waals surface area contributed by atoms with Gasteiger partial charge in [-0.25, -0.2) is 52.7 Å². The van der Waals surface area contributed by atoms with Gasteiger partial charge in [-0.3, -0.25) is 0 Å². The molecule has 0 aliphatic rings. The molecule has 194 valence electrons. The molecule has 0 atom stereocenters. The van der Waals surface area contributed by atoms with Crippen molar-refractivity contribution >= 4 is 22.7 Å². The number of hydrogen-bond acceptors (Lipinski definition) is 0. The second kappa shape index (κ2) is 9.71. The van der Waals surface area contributed by atoms with Crippen LogP contribution >= 0.6 is 0 Å². The summed E-state index contributed by atoms with van der Waals surface area (Å²) in [6.45, 7) is 0.406. The van der Waals surface area contributed by atoms with Crippen LogP contribution in [0.2, 0.25) is 0 Å². The first kappa shape index (κ1) is 27.4. The van der Waals surface area contributed by atoms with Crippen molar-refractivity contribution in [1.82, 2.24) is 0 Å². The van der Waals surface area contributed by atoms with E-state index in [1.54, 1.807) is 0 Å². The molecule has 0 saturated heterocycles. The molecule has 36 heavy (non-hydrogen) atoms. The van der Waals surface area contributed by atoms with Crippen molar-refractivity contribution in [2.45, 2.75) is 13.8 Å². The fraction of sp³-hybridized carbons (Fsp3) is 0.182. The number of halogens is 12. The highest BCUT2D eigenvalue weighted by molar-refractivity contribution is 7.07. The van der Waals surface area contributed by atoms with Crippen molar-refractivity contribution in [2.75, 3.05) is 13.2 Å². The third kappa shape index (κ3) is 3.82. The van der Waals surface area contributed by atoms with E-state index in [1.165, 1.54) is 4.28 Å². The van der Waals surface area contributed by atoms with Crippen LogP contribution in [0, 0.1) is 69.8 Å². The first-order valence-corrected chi connectivity index (χ1v) is 10.1. The lowest BCUT2D eigenvalue weighted by Gasteiger charge is -2.48. The van der Waals surface area contributed by atoms with Gasteiger partial charge in [0.15, 0.2) is 34.9 Å². The third-order valence-corrected chi connectivity index (χ3v) is 5.90. The van der Waals surface area contributed by atoms with Crippen molar-refractivity contribution < 1.29 is 57.0 Å². The normalized spacial score (nSPS) is 12.1. The summed E-state index contributed by atoms with van der Waals surface area (Å²) in [5.74, 6) is -28.7. The average molecular weight is 532 g/mol. The molecule has 0 fully saturated rings. The second-order valence-corrected chi connectivity index (χ2v) is 7.55.